The fraction of sp³-hybridized carbons (Fsp3) is 0.170. The van der Waals surface area contributed by atoms with Crippen molar-refractivity contribution in [3.63, 3.8) is 0 Å². The van der Waals surface area contributed by atoms with Crippen LogP contribution in [0.4, 0.5) is 25.8 Å². The van der Waals surface area contributed by atoms with Crippen molar-refractivity contribution >= 4 is 41.7 Å². The van der Waals surface area contributed by atoms with Crippen molar-refractivity contribution in [3.8, 4) is 11.5 Å². The molecule has 2 amide bonds. The number of hydrogen-bond donors (Lipinski definition) is 2. The Morgan fingerprint density at radius 3 is 1.10 bits per heavy atom. The van der Waals surface area contributed by atoms with Crippen LogP contribution in [0.25, 0.3) is 0 Å². The van der Waals surface area contributed by atoms with E-state index in [9.17, 15) is 44.2 Å². The number of benzene rings is 4. The van der Waals surface area contributed by atoms with Gasteiger partial charge in [-0.2, -0.15) is 0 Å². The predicted octanol–water partition coefficient (Wildman–Crippen LogP) is 7.42. The SMILES string of the molecule is COC(=O)C(CNC(=O)OC(c1ccncc1)c1ccc([N+](=O)[O-])cc1)c1ccc(OC(=O)Oc2ccc(C(CNC(=O)OC(c3ccncc3)c3ccc([N+](=O)[O-])cc3)C(=O)OC)cc2)cc1. The summed E-state index contributed by atoms with van der Waals surface area (Å²) in [7, 11) is 2.36. The smallest absolute Gasteiger partial charge is 0.468 e. The van der Waals surface area contributed by atoms with E-state index in [-0.39, 0.29) is 36.0 Å². The Balaban J connectivity index is 1.03. The minimum Gasteiger partial charge on any atom is -0.468 e. The van der Waals surface area contributed by atoms with Crippen LogP contribution in [0.1, 0.15) is 57.4 Å². The van der Waals surface area contributed by atoms with Gasteiger partial charge in [0.15, 0.2) is 12.2 Å². The standard InChI is InChI=1S/C47H40N6O15/c1-63-43(54)39(27-50-45(56)67-41(33-19-23-48-24-20-33)31-3-11-35(12-4-31)52(59)60)29-7-15-37(16-8-29)65-47(58)66-38-17-9-30(10-18-38)40(44(55)64-2)28-51-46(57)68-42(34-21-25-49-26-22-34)32-5-13-36(14-6-32)53(61)62/h3-26,39-42H,27-28H2,1-2H3,(H,50,56)(H,51,57). The predicted molar refractivity (Wildman–Crippen MR) is 236 cm³/mol. The molecule has 68 heavy (non-hydrogen) atoms. The number of nitrogens with one attached hydrogen (secondary N) is 2. The summed E-state index contributed by atoms with van der Waals surface area (Å²) in [5, 5.41) is 27.5. The third-order valence-corrected chi connectivity index (χ3v) is 10.1. The molecule has 2 heterocycles. The molecule has 0 radical (unpaired) electrons. The van der Waals surface area contributed by atoms with Crippen LogP contribution in [0.2, 0.25) is 0 Å². The van der Waals surface area contributed by atoms with E-state index in [0.717, 1.165) is 0 Å². The Morgan fingerprint density at radius 2 is 0.794 bits per heavy atom. The minimum absolute atomic E-state index is 0.0399. The van der Waals surface area contributed by atoms with E-state index < -0.39 is 64.2 Å². The summed E-state index contributed by atoms with van der Waals surface area (Å²) >= 11 is 0. The van der Waals surface area contributed by atoms with E-state index in [1.807, 2.05) is 0 Å². The molecule has 4 unspecified atom stereocenters. The number of nitro groups is 2. The number of hydrogen-bond acceptors (Lipinski definition) is 17. The number of esters is 2. The topological polar surface area (TPSA) is 277 Å². The van der Waals surface area contributed by atoms with Gasteiger partial charge in [-0.3, -0.25) is 39.8 Å². The highest BCUT2D eigenvalue weighted by molar-refractivity contribution is 5.80. The summed E-state index contributed by atoms with van der Waals surface area (Å²) in [4.78, 5) is 93.9. The maximum atomic E-state index is 13.1. The number of nitro benzene ring substituents is 2. The van der Waals surface area contributed by atoms with Crippen LogP contribution in [0.5, 0.6) is 11.5 Å². The zero-order valence-electron chi connectivity index (χ0n) is 36.0. The number of methoxy groups -OCH3 is 2. The molecule has 4 atom stereocenters. The second-order valence-electron chi connectivity index (χ2n) is 14.3. The van der Waals surface area contributed by atoms with Gasteiger partial charge in [0.25, 0.3) is 11.4 Å². The van der Waals surface area contributed by atoms with Gasteiger partial charge in [-0.05, 0) is 95.1 Å². The molecule has 348 valence electrons. The van der Waals surface area contributed by atoms with E-state index in [1.54, 1.807) is 24.3 Å². The lowest BCUT2D eigenvalue weighted by Crippen LogP contribution is -2.33. The number of amides is 2. The highest BCUT2D eigenvalue weighted by Gasteiger charge is 2.27. The molecule has 6 rings (SSSR count). The van der Waals surface area contributed by atoms with Gasteiger partial charge < -0.3 is 39.1 Å². The van der Waals surface area contributed by atoms with Crippen LogP contribution < -0.4 is 20.1 Å². The monoisotopic (exact) mass is 928 g/mol. The average molecular weight is 929 g/mol. The number of carbonyl (C=O) groups is 5. The molecule has 6 aromatic rings. The van der Waals surface area contributed by atoms with Crippen molar-refractivity contribution in [2.45, 2.75) is 24.0 Å². The fourth-order valence-corrected chi connectivity index (χ4v) is 6.65. The fourth-order valence-electron chi connectivity index (χ4n) is 6.65. The van der Waals surface area contributed by atoms with Crippen molar-refractivity contribution < 1.29 is 62.2 Å². The highest BCUT2D eigenvalue weighted by atomic mass is 16.7. The Kier molecular flexibility index (Phi) is 16.4. The van der Waals surface area contributed by atoms with Crippen molar-refractivity contribution in [2.75, 3.05) is 27.3 Å². The molecule has 2 N–H and O–H groups in total. The van der Waals surface area contributed by atoms with E-state index in [4.69, 9.17) is 28.4 Å². The zero-order chi connectivity index (χ0) is 48.6. The number of carbonyl (C=O) groups excluding carboxylic acids is 5. The Hall–Kier alpha value is -9.27. The van der Waals surface area contributed by atoms with Gasteiger partial charge >= 0.3 is 30.3 Å². The summed E-state index contributed by atoms with van der Waals surface area (Å²) in [5.74, 6) is -3.35. The van der Waals surface area contributed by atoms with Crippen molar-refractivity contribution in [1.29, 1.82) is 0 Å². The van der Waals surface area contributed by atoms with Crippen LogP contribution >= 0.6 is 0 Å². The second kappa shape index (κ2) is 23.1. The van der Waals surface area contributed by atoms with Gasteiger partial charge in [0.05, 0.1) is 35.9 Å². The third-order valence-electron chi connectivity index (χ3n) is 10.1. The maximum Gasteiger partial charge on any atom is 0.519 e. The van der Waals surface area contributed by atoms with E-state index in [1.165, 1.54) is 136 Å². The molecule has 4 aromatic carbocycles. The number of rotatable bonds is 18. The Bertz CT molecular complexity index is 2520. The lowest BCUT2D eigenvalue weighted by atomic mass is 9.99. The van der Waals surface area contributed by atoms with Gasteiger partial charge in [-0.15, -0.1) is 0 Å². The van der Waals surface area contributed by atoms with Crippen molar-refractivity contribution in [1.82, 2.24) is 20.6 Å². The second-order valence-corrected chi connectivity index (χ2v) is 14.3. The molecule has 0 aliphatic carbocycles. The lowest BCUT2D eigenvalue weighted by Gasteiger charge is -2.21. The van der Waals surface area contributed by atoms with Crippen LogP contribution in [-0.2, 0) is 28.5 Å². The van der Waals surface area contributed by atoms with Gasteiger partial charge in [-0.1, -0.05) is 24.3 Å². The first-order valence-electron chi connectivity index (χ1n) is 20.3. The summed E-state index contributed by atoms with van der Waals surface area (Å²) in [5.41, 5.74) is 2.44. The molecular weight excluding hydrogens is 889 g/mol. The maximum absolute atomic E-state index is 13.1. The summed E-state index contributed by atoms with van der Waals surface area (Å²) in [6.45, 7) is -0.525. The number of ether oxygens (including phenoxy) is 6. The summed E-state index contributed by atoms with van der Waals surface area (Å²) < 4.78 is 32.0. The molecule has 0 aliphatic rings. The van der Waals surface area contributed by atoms with Crippen LogP contribution in [-0.4, -0.2) is 77.4 Å². The molecule has 0 saturated heterocycles. The van der Waals surface area contributed by atoms with Gasteiger partial charge in [0, 0.05) is 73.3 Å². The van der Waals surface area contributed by atoms with E-state index in [2.05, 4.69) is 20.6 Å². The van der Waals surface area contributed by atoms with Gasteiger partial charge in [0.2, 0.25) is 0 Å². The number of nitrogens with zero attached hydrogens (tertiary/aromatic N) is 4. The number of alkyl carbamates (subject to hydrolysis) is 2. The Morgan fingerprint density at radius 1 is 0.485 bits per heavy atom. The molecule has 0 spiro atoms. The summed E-state index contributed by atoms with van der Waals surface area (Å²) in [6, 6.07) is 29.0. The zero-order valence-corrected chi connectivity index (χ0v) is 36.0. The quantitative estimate of drug-likeness (QED) is 0.0279. The molecule has 0 aliphatic heterocycles. The molecule has 0 bridgehead atoms. The highest BCUT2D eigenvalue weighted by Crippen LogP contribution is 2.30. The molecular formula is C47H40N6O15. The van der Waals surface area contributed by atoms with Crippen LogP contribution in [0, 0.1) is 20.2 Å². The normalized spacial score (nSPS) is 12.4. The number of pyridine rings is 2. The van der Waals surface area contributed by atoms with Gasteiger partial charge in [0.1, 0.15) is 11.5 Å². The van der Waals surface area contributed by atoms with Gasteiger partial charge in [-0.25, -0.2) is 14.4 Å². The van der Waals surface area contributed by atoms with Crippen LogP contribution in [0.3, 0.4) is 0 Å². The molecule has 0 fully saturated rings. The Labute approximate surface area is 386 Å². The first kappa shape index (κ1) is 48.2. The first-order valence-corrected chi connectivity index (χ1v) is 20.3. The third kappa shape index (κ3) is 12.9. The molecule has 2 aromatic heterocycles. The largest absolute Gasteiger partial charge is 0.519 e. The van der Waals surface area contributed by atoms with Crippen molar-refractivity contribution in [3.05, 3.63) is 200 Å². The summed E-state index contributed by atoms with van der Waals surface area (Å²) in [6.07, 6.45) is 1.12. The van der Waals surface area contributed by atoms with E-state index in [0.29, 0.717) is 33.4 Å². The van der Waals surface area contributed by atoms with Crippen molar-refractivity contribution in [2.24, 2.45) is 0 Å². The molecule has 0 saturated carbocycles. The van der Waals surface area contributed by atoms with E-state index >= 15 is 0 Å². The number of aromatic nitrogens is 2. The number of non-ortho nitro benzene ring substituents is 2. The first-order chi connectivity index (χ1) is 32.8. The minimum atomic E-state index is -1.12. The molecule has 21 nitrogen and oxygen atoms in total. The molecule has 21 heteroatoms. The van der Waals surface area contributed by atoms with Crippen LogP contribution in [0.15, 0.2) is 146 Å². The lowest BCUT2D eigenvalue weighted by molar-refractivity contribution is -0.385. The average Bonchev–Trinajstić information content (AvgIpc) is 3.36.